The van der Waals surface area contributed by atoms with Gasteiger partial charge in [-0.3, -0.25) is 4.79 Å². The minimum Gasteiger partial charge on any atom is -0.493 e. The third kappa shape index (κ3) is 2.44. The summed E-state index contributed by atoms with van der Waals surface area (Å²) in [5.74, 6) is 1.57. The highest BCUT2D eigenvalue weighted by atomic mass is 16.5. The maximum Gasteiger partial charge on any atom is 0.230 e. The quantitative estimate of drug-likeness (QED) is 0.856. The molecule has 0 saturated heterocycles. The zero-order chi connectivity index (χ0) is 15.8. The molecule has 2 aromatic carbocycles. The second-order valence-electron chi connectivity index (χ2n) is 6.12. The van der Waals surface area contributed by atoms with Gasteiger partial charge >= 0.3 is 0 Å². The van der Waals surface area contributed by atoms with E-state index in [2.05, 4.69) is 12.1 Å². The van der Waals surface area contributed by atoms with Crippen molar-refractivity contribution in [1.82, 2.24) is 4.90 Å². The number of hydrogen-bond donors (Lipinski definition) is 0. The van der Waals surface area contributed by atoms with Gasteiger partial charge in [-0.2, -0.15) is 0 Å². The molecule has 0 bridgehead atoms. The molecule has 0 spiro atoms. The zero-order valence-electron chi connectivity index (χ0n) is 13.1. The molecule has 2 heterocycles. The molecule has 0 unspecified atom stereocenters. The van der Waals surface area contributed by atoms with Crippen LogP contribution in [0.1, 0.15) is 16.7 Å². The molecule has 0 N–H and O–H groups in total. The first-order valence-electron chi connectivity index (χ1n) is 7.90. The molecule has 4 heteroatoms. The van der Waals surface area contributed by atoms with Crippen molar-refractivity contribution in [3.8, 4) is 11.5 Å². The zero-order valence-corrected chi connectivity index (χ0v) is 13.1. The molecule has 118 valence electrons. The summed E-state index contributed by atoms with van der Waals surface area (Å²) < 4.78 is 11.2. The van der Waals surface area contributed by atoms with Crippen LogP contribution in [0.3, 0.4) is 0 Å². The molecule has 0 saturated carbocycles. The lowest BCUT2D eigenvalue weighted by molar-refractivity contribution is -0.137. The van der Waals surface area contributed by atoms with Crippen LogP contribution in [0.15, 0.2) is 42.5 Å². The van der Waals surface area contributed by atoms with E-state index in [9.17, 15) is 4.79 Å². The van der Waals surface area contributed by atoms with Crippen molar-refractivity contribution in [3.63, 3.8) is 0 Å². The van der Waals surface area contributed by atoms with Crippen LogP contribution in [0.4, 0.5) is 0 Å². The molecule has 1 atom stereocenters. The van der Waals surface area contributed by atoms with Crippen molar-refractivity contribution in [3.05, 3.63) is 59.2 Å². The lowest BCUT2D eigenvalue weighted by atomic mass is 9.95. The van der Waals surface area contributed by atoms with Crippen LogP contribution >= 0.6 is 0 Å². The Morgan fingerprint density at radius 1 is 1.09 bits per heavy atom. The first kappa shape index (κ1) is 14.1. The SMILES string of the molecule is COc1cccc2c1OC[C@@H](C(=O)N1Cc3ccccc3C1)C2. The molecule has 4 nitrogen and oxygen atoms in total. The van der Waals surface area contributed by atoms with E-state index >= 15 is 0 Å². The van der Waals surface area contributed by atoms with Gasteiger partial charge in [0.1, 0.15) is 6.61 Å². The molecule has 0 fully saturated rings. The van der Waals surface area contributed by atoms with Crippen LogP contribution in [-0.2, 0) is 24.3 Å². The lowest BCUT2D eigenvalue weighted by Gasteiger charge is -2.28. The van der Waals surface area contributed by atoms with Gasteiger partial charge in [0, 0.05) is 13.1 Å². The highest BCUT2D eigenvalue weighted by Crippen LogP contribution is 2.37. The van der Waals surface area contributed by atoms with E-state index in [-0.39, 0.29) is 11.8 Å². The van der Waals surface area contributed by atoms with E-state index in [0.717, 1.165) is 17.1 Å². The summed E-state index contributed by atoms with van der Waals surface area (Å²) in [6.45, 7) is 1.83. The van der Waals surface area contributed by atoms with Crippen molar-refractivity contribution in [1.29, 1.82) is 0 Å². The van der Waals surface area contributed by atoms with Gasteiger partial charge in [0.25, 0.3) is 0 Å². The summed E-state index contributed by atoms with van der Waals surface area (Å²) >= 11 is 0. The molecule has 0 radical (unpaired) electrons. The molecule has 1 amide bonds. The molecule has 4 rings (SSSR count). The van der Waals surface area contributed by atoms with Gasteiger partial charge in [-0.25, -0.2) is 0 Å². The predicted molar refractivity (Wildman–Crippen MR) is 86.4 cm³/mol. The van der Waals surface area contributed by atoms with Crippen molar-refractivity contribution in [2.24, 2.45) is 5.92 Å². The lowest BCUT2D eigenvalue weighted by Crippen LogP contribution is -2.38. The number of benzene rings is 2. The normalized spacial score (nSPS) is 18.8. The van der Waals surface area contributed by atoms with Crippen LogP contribution in [0.5, 0.6) is 11.5 Å². The van der Waals surface area contributed by atoms with Gasteiger partial charge in [-0.05, 0) is 29.2 Å². The summed E-state index contributed by atoms with van der Waals surface area (Å²) in [6.07, 6.45) is 0.707. The monoisotopic (exact) mass is 309 g/mol. The summed E-state index contributed by atoms with van der Waals surface area (Å²) in [6, 6.07) is 14.1. The van der Waals surface area contributed by atoms with E-state index < -0.39 is 0 Å². The Balaban J connectivity index is 1.51. The van der Waals surface area contributed by atoms with Crippen LogP contribution in [0.25, 0.3) is 0 Å². The van der Waals surface area contributed by atoms with Crippen molar-refractivity contribution in [2.45, 2.75) is 19.5 Å². The van der Waals surface area contributed by atoms with Gasteiger partial charge in [0.2, 0.25) is 5.91 Å². The number of hydrogen-bond acceptors (Lipinski definition) is 3. The summed E-state index contributed by atoms with van der Waals surface area (Å²) in [4.78, 5) is 14.8. The van der Waals surface area contributed by atoms with Crippen LogP contribution in [0.2, 0.25) is 0 Å². The maximum atomic E-state index is 12.8. The standard InChI is InChI=1S/C19H19NO3/c1-22-17-8-4-7-13-9-16(12-23-18(13)17)19(21)20-10-14-5-2-3-6-15(14)11-20/h2-8,16H,9-12H2,1H3/t16-/m0/s1. The van der Waals surface area contributed by atoms with E-state index in [1.807, 2.05) is 35.2 Å². The Morgan fingerprint density at radius 2 is 1.78 bits per heavy atom. The maximum absolute atomic E-state index is 12.8. The fourth-order valence-corrected chi connectivity index (χ4v) is 3.46. The topological polar surface area (TPSA) is 38.8 Å². The van der Waals surface area contributed by atoms with E-state index in [1.54, 1.807) is 7.11 Å². The average molecular weight is 309 g/mol. The highest BCUT2D eigenvalue weighted by molar-refractivity contribution is 5.80. The predicted octanol–water partition coefficient (Wildman–Crippen LogP) is 2.79. The fourth-order valence-electron chi connectivity index (χ4n) is 3.46. The molecular weight excluding hydrogens is 290 g/mol. The number of carbonyl (C=O) groups is 1. The van der Waals surface area contributed by atoms with Crippen LogP contribution < -0.4 is 9.47 Å². The Kier molecular flexibility index (Phi) is 3.45. The first-order valence-corrected chi connectivity index (χ1v) is 7.90. The highest BCUT2D eigenvalue weighted by Gasteiger charge is 2.33. The third-order valence-electron chi connectivity index (χ3n) is 4.68. The van der Waals surface area contributed by atoms with E-state index in [1.165, 1.54) is 11.1 Å². The van der Waals surface area contributed by atoms with Crippen LogP contribution in [0, 0.1) is 5.92 Å². The number of para-hydroxylation sites is 1. The molecule has 2 aliphatic rings. The van der Waals surface area contributed by atoms with Gasteiger partial charge in [-0.15, -0.1) is 0 Å². The van der Waals surface area contributed by atoms with Gasteiger partial charge in [-0.1, -0.05) is 36.4 Å². The number of fused-ring (bicyclic) bond motifs is 2. The molecular formula is C19H19NO3. The van der Waals surface area contributed by atoms with Gasteiger partial charge in [0.05, 0.1) is 13.0 Å². The van der Waals surface area contributed by atoms with Crippen molar-refractivity contribution < 1.29 is 14.3 Å². The van der Waals surface area contributed by atoms with E-state index in [4.69, 9.17) is 9.47 Å². The first-order chi connectivity index (χ1) is 11.3. The van der Waals surface area contributed by atoms with Gasteiger partial charge < -0.3 is 14.4 Å². The minimum absolute atomic E-state index is 0.121. The summed E-state index contributed by atoms with van der Waals surface area (Å²) in [5, 5.41) is 0. The Morgan fingerprint density at radius 3 is 2.48 bits per heavy atom. The fraction of sp³-hybridized carbons (Fsp3) is 0.316. The van der Waals surface area contributed by atoms with Crippen molar-refractivity contribution >= 4 is 5.91 Å². The Bertz CT molecular complexity index is 731. The van der Waals surface area contributed by atoms with Crippen LogP contribution in [-0.4, -0.2) is 24.5 Å². The summed E-state index contributed by atoms with van der Waals surface area (Å²) in [5.41, 5.74) is 3.55. The minimum atomic E-state index is -0.121. The number of nitrogens with zero attached hydrogens (tertiary/aromatic N) is 1. The molecule has 23 heavy (non-hydrogen) atoms. The number of methoxy groups -OCH3 is 1. The molecule has 2 aliphatic heterocycles. The van der Waals surface area contributed by atoms with Gasteiger partial charge in [0.15, 0.2) is 11.5 Å². The number of rotatable bonds is 2. The number of carbonyl (C=O) groups excluding carboxylic acids is 1. The Labute approximate surface area is 135 Å². The van der Waals surface area contributed by atoms with Crippen molar-refractivity contribution in [2.75, 3.05) is 13.7 Å². The average Bonchev–Trinajstić information content (AvgIpc) is 3.04. The molecule has 0 aromatic heterocycles. The second-order valence-corrected chi connectivity index (χ2v) is 6.12. The number of ether oxygens (including phenoxy) is 2. The number of amides is 1. The summed E-state index contributed by atoms with van der Waals surface area (Å²) in [7, 11) is 1.64. The molecule has 2 aromatic rings. The molecule has 0 aliphatic carbocycles. The van der Waals surface area contributed by atoms with E-state index in [0.29, 0.717) is 26.1 Å². The third-order valence-corrected chi connectivity index (χ3v) is 4.68. The Hall–Kier alpha value is -2.49. The largest absolute Gasteiger partial charge is 0.493 e. The smallest absolute Gasteiger partial charge is 0.230 e. The second kappa shape index (κ2) is 5.61.